The van der Waals surface area contributed by atoms with E-state index in [1.54, 1.807) is 0 Å². The van der Waals surface area contributed by atoms with E-state index in [0.717, 1.165) is 0 Å². The van der Waals surface area contributed by atoms with Crippen LogP contribution in [0.2, 0.25) is 18.1 Å². The van der Waals surface area contributed by atoms with Crippen molar-refractivity contribution in [3.63, 3.8) is 0 Å². The SMILES string of the molecule is CC(C)(C)[Si](C)(C)OCC[C@](C)(O)C(=O)O. The van der Waals surface area contributed by atoms with E-state index in [2.05, 4.69) is 33.9 Å². The van der Waals surface area contributed by atoms with Gasteiger partial charge >= 0.3 is 5.97 Å². The van der Waals surface area contributed by atoms with Gasteiger partial charge in [0.05, 0.1) is 0 Å². The molecule has 0 unspecified atom stereocenters. The number of hydrogen-bond donors (Lipinski definition) is 2. The molecule has 0 saturated heterocycles. The monoisotopic (exact) mass is 248 g/mol. The molecule has 0 spiro atoms. The van der Waals surface area contributed by atoms with Gasteiger partial charge in [-0.05, 0) is 25.1 Å². The van der Waals surface area contributed by atoms with Gasteiger partial charge in [0.25, 0.3) is 0 Å². The minimum absolute atomic E-state index is 0.0993. The standard InChI is InChI=1S/C11H24O4Si/c1-10(2,3)16(5,6)15-8-7-11(4,14)9(12)13/h14H,7-8H2,1-6H3,(H,12,13)/t11-/m0/s1. The second-order valence-electron chi connectivity index (χ2n) is 5.94. The summed E-state index contributed by atoms with van der Waals surface area (Å²) in [7, 11) is -1.84. The van der Waals surface area contributed by atoms with Crippen LogP contribution in [0.15, 0.2) is 0 Å². The summed E-state index contributed by atoms with van der Waals surface area (Å²) in [5.74, 6) is -1.20. The molecule has 96 valence electrons. The van der Waals surface area contributed by atoms with Crippen molar-refractivity contribution in [2.45, 2.75) is 57.8 Å². The van der Waals surface area contributed by atoms with Crippen molar-refractivity contribution < 1.29 is 19.4 Å². The topological polar surface area (TPSA) is 66.8 Å². The highest BCUT2D eigenvalue weighted by atomic mass is 28.4. The minimum Gasteiger partial charge on any atom is -0.479 e. The first-order valence-corrected chi connectivity index (χ1v) is 8.41. The maximum Gasteiger partial charge on any atom is 0.335 e. The largest absolute Gasteiger partial charge is 0.479 e. The van der Waals surface area contributed by atoms with Crippen molar-refractivity contribution >= 4 is 14.3 Å². The van der Waals surface area contributed by atoms with Crippen LogP contribution in [0.5, 0.6) is 0 Å². The maximum atomic E-state index is 10.7. The summed E-state index contributed by atoms with van der Waals surface area (Å²) in [5.41, 5.74) is -1.69. The number of carboxylic acids is 1. The van der Waals surface area contributed by atoms with E-state index in [4.69, 9.17) is 9.53 Å². The van der Waals surface area contributed by atoms with E-state index in [1.807, 2.05) is 0 Å². The Kier molecular flexibility index (Phi) is 4.73. The third kappa shape index (κ3) is 4.23. The lowest BCUT2D eigenvalue weighted by Crippen LogP contribution is -2.43. The van der Waals surface area contributed by atoms with E-state index in [1.165, 1.54) is 6.92 Å². The fraction of sp³-hybridized carbons (Fsp3) is 0.909. The number of carbonyl (C=O) groups is 1. The third-order valence-electron chi connectivity index (χ3n) is 3.32. The summed E-state index contributed by atoms with van der Waals surface area (Å²) in [6.45, 7) is 12.1. The van der Waals surface area contributed by atoms with Gasteiger partial charge in [-0.1, -0.05) is 20.8 Å². The summed E-state index contributed by atoms with van der Waals surface area (Å²) in [6, 6.07) is 0. The average molecular weight is 248 g/mol. The molecule has 0 rings (SSSR count). The second kappa shape index (κ2) is 4.85. The smallest absolute Gasteiger partial charge is 0.335 e. The van der Waals surface area contributed by atoms with Crippen LogP contribution in [0.25, 0.3) is 0 Å². The molecule has 5 heteroatoms. The Morgan fingerprint density at radius 3 is 2.00 bits per heavy atom. The lowest BCUT2D eigenvalue weighted by Gasteiger charge is -2.36. The van der Waals surface area contributed by atoms with Crippen LogP contribution in [0.4, 0.5) is 0 Å². The molecule has 4 nitrogen and oxygen atoms in total. The predicted octanol–water partition coefficient (Wildman–Crippen LogP) is 2.23. The molecule has 2 N–H and O–H groups in total. The maximum absolute atomic E-state index is 10.7. The van der Waals surface area contributed by atoms with Gasteiger partial charge in [0.1, 0.15) is 0 Å². The second-order valence-corrected chi connectivity index (χ2v) is 10.7. The molecule has 0 fully saturated rings. The Hall–Kier alpha value is -0.393. The van der Waals surface area contributed by atoms with E-state index in [-0.39, 0.29) is 18.1 Å². The first kappa shape index (κ1) is 15.6. The Morgan fingerprint density at radius 1 is 1.25 bits per heavy atom. The molecule has 0 aliphatic carbocycles. The number of aliphatic hydroxyl groups is 1. The zero-order valence-corrected chi connectivity index (χ0v) is 12.1. The summed E-state index contributed by atoms with van der Waals surface area (Å²) in [5, 5.41) is 18.4. The Morgan fingerprint density at radius 2 is 1.69 bits per heavy atom. The first-order valence-electron chi connectivity index (χ1n) is 5.50. The molecule has 16 heavy (non-hydrogen) atoms. The molecule has 0 aromatic heterocycles. The zero-order chi connectivity index (χ0) is 13.2. The van der Waals surface area contributed by atoms with Gasteiger partial charge in [-0.15, -0.1) is 0 Å². The lowest BCUT2D eigenvalue weighted by atomic mass is 10.0. The lowest BCUT2D eigenvalue weighted by molar-refractivity contribution is -0.157. The number of carboxylic acid groups (broad SMARTS) is 1. The summed E-state index contributed by atoms with van der Waals surface area (Å²) >= 11 is 0. The molecule has 0 bridgehead atoms. The van der Waals surface area contributed by atoms with Gasteiger partial charge in [-0.3, -0.25) is 0 Å². The molecular weight excluding hydrogens is 224 g/mol. The number of aliphatic carboxylic acids is 1. The molecule has 0 amide bonds. The highest BCUT2D eigenvalue weighted by molar-refractivity contribution is 6.74. The highest BCUT2D eigenvalue weighted by Gasteiger charge is 2.38. The molecule has 0 aromatic carbocycles. The summed E-state index contributed by atoms with van der Waals surface area (Å²) in [4.78, 5) is 10.7. The molecule has 0 aliphatic rings. The van der Waals surface area contributed by atoms with Crippen LogP contribution < -0.4 is 0 Å². The normalized spacial score (nSPS) is 16.9. The van der Waals surface area contributed by atoms with Gasteiger partial charge < -0.3 is 14.6 Å². The van der Waals surface area contributed by atoms with Crippen LogP contribution >= 0.6 is 0 Å². The third-order valence-corrected chi connectivity index (χ3v) is 7.86. The van der Waals surface area contributed by atoms with Crippen LogP contribution in [0.3, 0.4) is 0 Å². The van der Waals surface area contributed by atoms with Crippen LogP contribution in [0.1, 0.15) is 34.1 Å². The van der Waals surface area contributed by atoms with Crippen LogP contribution in [-0.4, -0.2) is 36.7 Å². The van der Waals surface area contributed by atoms with Crippen molar-refractivity contribution in [3.8, 4) is 0 Å². The average Bonchev–Trinajstić information content (AvgIpc) is 2.00. The molecule has 1 atom stereocenters. The number of hydrogen-bond acceptors (Lipinski definition) is 3. The van der Waals surface area contributed by atoms with Crippen LogP contribution in [0, 0.1) is 0 Å². The van der Waals surface area contributed by atoms with Crippen molar-refractivity contribution in [1.82, 2.24) is 0 Å². The quantitative estimate of drug-likeness (QED) is 0.732. The van der Waals surface area contributed by atoms with Gasteiger partial charge in [-0.2, -0.15) is 0 Å². The Labute approximate surface area is 98.8 Å². The summed E-state index contributed by atoms with van der Waals surface area (Å²) in [6.07, 6.45) is 0.120. The van der Waals surface area contributed by atoms with E-state index >= 15 is 0 Å². The van der Waals surface area contributed by atoms with Crippen molar-refractivity contribution in [2.75, 3.05) is 6.61 Å². The Bertz CT molecular complexity index is 253. The molecule has 0 aliphatic heterocycles. The fourth-order valence-electron chi connectivity index (χ4n) is 0.828. The molecule has 0 heterocycles. The van der Waals surface area contributed by atoms with Gasteiger partial charge in [0.2, 0.25) is 0 Å². The van der Waals surface area contributed by atoms with Gasteiger partial charge in [-0.25, -0.2) is 4.79 Å². The Balaban J connectivity index is 4.24. The van der Waals surface area contributed by atoms with E-state index in [0.29, 0.717) is 0 Å². The molecule has 0 aromatic rings. The first-order chi connectivity index (χ1) is 6.90. The van der Waals surface area contributed by atoms with Crippen molar-refractivity contribution in [1.29, 1.82) is 0 Å². The van der Waals surface area contributed by atoms with Gasteiger partial charge in [0, 0.05) is 13.0 Å². The van der Waals surface area contributed by atoms with Crippen molar-refractivity contribution in [3.05, 3.63) is 0 Å². The van der Waals surface area contributed by atoms with Crippen LogP contribution in [-0.2, 0) is 9.22 Å². The van der Waals surface area contributed by atoms with E-state index in [9.17, 15) is 9.90 Å². The molecule has 0 saturated carbocycles. The minimum atomic E-state index is -1.84. The number of rotatable bonds is 5. The molecule has 0 radical (unpaired) electrons. The zero-order valence-electron chi connectivity index (χ0n) is 11.1. The predicted molar refractivity (Wildman–Crippen MR) is 66.0 cm³/mol. The highest BCUT2D eigenvalue weighted by Crippen LogP contribution is 2.36. The molecular formula is C11H24O4Si. The summed E-state index contributed by atoms with van der Waals surface area (Å²) < 4.78 is 5.80. The van der Waals surface area contributed by atoms with Crippen molar-refractivity contribution in [2.24, 2.45) is 0 Å². The van der Waals surface area contributed by atoms with E-state index < -0.39 is 19.9 Å². The fourth-order valence-corrected chi connectivity index (χ4v) is 1.87. The van der Waals surface area contributed by atoms with Gasteiger partial charge in [0.15, 0.2) is 13.9 Å².